The minimum Gasteiger partial charge on any atom is -0.308 e. The Kier molecular flexibility index (Phi) is 9.84. The van der Waals surface area contributed by atoms with E-state index in [1.54, 1.807) is 6.08 Å². The van der Waals surface area contributed by atoms with Crippen LogP contribution >= 0.6 is 0 Å². The molecule has 33 heavy (non-hydrogen) atoms. The van der Waals surface area contributed by atoms with Crippen molar-refractivity contribution in [2.45, 2.75) is 115 Å². The Hall–Kier alpha value is -0.910. The highest BCUT2D eigenvalue weighted by molar-refractivity contribution is 5.27. The van der Waals surface area contributed by atoms with Crippen molar-refractivity contribution in [3.8, 4) is 0 Å². The number of ether oxygens (including phenoxy) is 1. The van der Waals surface area contributed by atoms with E-state index < -0.39 is 24.8 Å². The van der Waals surface area contributed by atoms with Crippen molar-refractivity contribution in [3.63, 3.8) is 0 Å². The first-order valence-corrected chi connectivity index (χ1v) is 13.1. The Morgan fingerprint density at radius 1 is 0.879 bits per heavy atom. The molecule has 0 aromatic heterocycles. The van der Waals surface area contributed by atoms with Crippen LogP contribution in [0.4, 0.5) is 22.0 Å². The second-order valence-electron chi connectivity index (χ2n) is 10.6. The maximum atomic E-state index is 13.5. The number of allylic oxidation sites excluding steroid dienone is 2. The molecule has 2 fully saturated rings. The largest absolute Gasteiger partial charge is 0.422 e. The fourth-order valence-corrected chi connectivity index (χ4v) is 6.09. The van der Waals surface area contributed by atoms with Crippen molar-refractivity contribution in [2.24, 2.45) is 23.7 Å². The highest BCUT2D eigenvalue weighted by Crippen LogP contribution is 2.44. The maximum absolute atomic E-state index is 13.5. The Labute approximate surface area is 196 Å². The van der Waals surface area contributed by atoms with E-state index in [9.17, 15) is 22.0 Å². The van der Waals surface area contributed by atoms with Gasteiger partial charge >= 0.3 is 12.0 Å². The monoisotopic (exact) mass is 476 g/mol. The maximum Gasteiger partial charge on any atom is 0.422 e. The number of alkyl halides is 5. The van der Waals surface area contributed by atoms with Crippen LogP contribution in [0.15, 0.2) is 23.8 Å². The molecule has 0 bridgehead atoms. The normalized spacial score (nSPS) is 31.5. The molecule has 0 aromatic rings. The number of unbranched alkanes of at least 4 members (excludes halogenated alkanes) is 3. The van der Waals surface area contributed by atoms with Crippen molar-refractivity contribution < 1.29 is 26.7 Å². The van der Waals surface area contributed by atoms with Gasteiger partial charge < -0.3 is 4.74 Å². The van der Waals surface area contributed by atoms with Gasteiger partial charge in [-0.1, -0.05) is 70.1 Å². The zero-order chi connectivity index (χ0) is 23.9. The average Bonchev–Trinajstić information content (AvgIpc) is 2.82. The number of hydrogen-bond donors (Lipinski definition) is 0. The van der Waals surface area contributed by atoms with Crippen LogP contribution in [-0.2, 0) is 4.74 Å². The molecule has 3 aliphatic rings. The number of halogens is 5. The molecule has 0 radical (unpaired) electrons. The molecular weight excluding hydrogens is 435 g/mol. The number of hydrogen-bond acceptors (Lipinski definition) is 1. The molecule has 190 valence electrons. The first-order valence-electron chi connectivity index (χ1n) is 13.1. The molecule has 2 saturated carbocycles. The van der Waals surface area contributed by atoms with Gasteiger partial charge in [0.05, 0.1) is 6.10 Å². The molecule has 1 unspecified atom stereocenters. The lowest BCUT2D eigenvalue weighted by atomic mass is 9.67. The molecule has 0 spiro atoms. The van der Waals surface area contributed by atoms with Crippen molar-refractivity contribution in [1.82, 2.24) is 0 Å². The van der Waals surface area contributed by atoms with Crippen LogP contribution < -0.4 is 0 Å². The first-order chi connectivity index (χ1) is 15.8. The van der Waals surface area contributed by atoms with E-state index in [4.69, 9.17) is 0 Å². The predicted octanol–water partition coefficient (Wildman–Crippen LogP) is 9.04. The third kappa shape index (κ3) is 7.29. The summed E-state index contributed by atoms with van der Waals surface area (Å²) in [6, 6.07) is 0. The summed E-state index contributed by atoms with van der Waals surface area (Å²) in [4.78, 5) is 0. The van der Waals surface area contributed by atoms with Gasteiger partial charge in [-0.15, -0.1) is 0 Å². The third-order valence-electron chi connectivity index (χ3n) is 8.25. The van der Waals surface area contributed by atoms with Crippen LogP contribution in [-0.4, -0.2) is 24.8 Å². The van der Waals surface area contributed by atoms with Gasteiger partial charge in [0.15, 0.2) is 6.67 Å². The lowest BCUT2D eigenvalue weighted by Gasteiger charge is -2.38. The molecule has 0 saturated heterocycles. The van der Waals surface area contributed by atoms with Crippen LogP contribution in [0.25, 0.3) is 0 Å². The molecule has 0 N–H and O–H groups in total. The molecule has 0 amide bonds. The highest BCUT2D eigenvalue weighted by atomic mass is 19.3. The predicted molar refractivity (Wildman–Crippen MR) is 122 cm³/mol. The van der Waals surface area contributed by atoms with Gasteiger partial charge in [-0.05, 0) is 74.2 Å². The van der Waals surface area contributed by atoms with Gasteiger partial charge in [0, 0.05) is 0 Å². The van der Waals surface area contributed by atoms with Crippen LogP contribution in [0, 0.1) is 23.7 Å². The summed E-state index contributed by atoms with van der Waals surface area (Å²) in [6.45, 7) is -0.185. The van der Waals surface area contributed by atoms with Crippen molar-refractivity contribution in [3.05, 3.63) is 23.8 Å². The summed E-state index contributed by atoms with van der Waals surface area (Å²) in [6.07, 6.45) is 16.1. The van der Waals surface area contributed by atoms with Crippen LogP contribution in [0.2, 0.25) is 0 Å². The Morgan fingerprint density at radius 2 is 1.52 bits per heavy atom. The molecule has 0 heterocycles. The fourth-order valence-electron chi connectivity index (χ4n) is 6.09. The zero-order valence-corrected chi connectivity index (χ0v) is 20.0. The quantitative estimate of drug-likeness (QED) is 0.213. The van der Waals surface area contributed by atoms with E-state index >= 15 is 0 Å². The third-order valence-corrected chi connectivity index (χ3v) is 8.25. The Morgan fingerprint density at radius 3 is 2.06 bits per heavy atom. The lowest BCUT2D eigenvalue weighted by Crippen LogP contribution is -2.46. The zero-order valence-electron chi connectivity index (χ0n) is 20.0. The standard InChI is InChI=1S/C27H41F5O/c1-2-3-4-5-6-20-7-9-21(10-8-20)22-11-13-23(14-12-22)24-15-17-25(18-16-24)33-27(31,32)26(29,30)19-28/h15-17,20-23,25H,2-14,18-19H2,1H3/t20-,21-,22?,23?,25?. The van der Waals surface area contributed by atoms with Crippen LogP contribution in [0.5, 0.6) is 0 Å². The first kappa shape index (κ1) is 26.7. The van der Waals surface area contributed by atoms with Crippen LogP contribution in [0.1, 0.15) is 96.8 Å². The number of rotatable bonds is 11. The summed E-state index contributed by atoms with van der Waals surface area (Å²) in [7, 11) is 0. The van der Waals surface area contributed by atoms with Crippen molar-refractivity contribution >= 4 is 0 Å². The van der Waals surface area contributed by atoms with Gasteiger partial charge in [0.2, 0.25) is 0 Å². The molecular formula is C27H41F5O. The van der Waals surface area contributed by atoms with E-state index in [1.165, 1.54) is 76.7 Å². The molecule has 1 nitrogen and oxygen atoms in total. The SMILES string of the molecule is CCCCCC[C@H]1CC[C@H](C2CCC(C3=CCC(OC(F)(F)C(F)(F)CF)C=C3)CC2)CC1. The van der Waals surface area contributed by atoms with E-state index in [0.717, 1.165) is 36.2 Å². The molecule has 3 aliphatic carbocycles. The molecule has 3 rings (SSSR count). The van der Waals surface area contributed by atoms with Gasteiger partial charge in [-0.25, -0.2) is 4.39 Å². The summed E-state index contributed by atoms with van der Waals surface area (Å²) < 4.78 is 69.6. The molecule has 1 atom stereocenters. The van der Waals surface area contributed by atoms with Crippen LogP contribution in [0.3, 0.4) is 0 Å². The summed E-state index contributed by atoms with van der Waals surface area (Å²) in [5, 5.41) is 0. The van der Waals surface area contributed by atoms with E-state index in [2.05, 4.69) is 11.7 Å². The summed E-state index contributed by atoms with van der Waals surface area (Å²) >= 11 is 0. The van der Waals surface area contributed by atoms with Crippen molar-refractivity contribution in [1.29, 1.82) is 0 Å². The van der Waals surface area contributed by atoms with E-state index in [1.807, 2.05) is 6.08 Å². The fraction of sp³-hybridized carbons (Fsp3) is 0.852. The molecule has 6 heteroatoms. The van der Waals surface area contributed by atoms with Gasteiger partial charge in [-0.2, -0.15) is 17.6 Å². The van der Waals surface area contributed by atoms with Crippen molar-refractivity contribution in [2.75, 3.05) is 6.67 Å². The average molecular weight is 477 g/mol. The van der Waals surface area contributed by atoms with Gasteiger partial charge in [0.25, 0.3) is 0 Å². The minimum atomic E-state index is -4.81. The summed E-state index contributed by atoms with van der Waals surface area (Å²) in [5.74, 6) is -1.82. The minimum absolute atomic E-state index is 0.117. The molecule has 0 aromatic carbocycles. The van der Waals surface area contributed by atoms with Gasteiger partial charge in [-0.3, -0.25) is 0 Å². The van der Waals surface area contributed by atoms with Gasteiger partial charge in [0.1, 0.15) is 0 Å². The second-order valence-corrected chi connectivity index (χ2v) is 10.6. The Balaban J connectivity index is 1.37. The smallest absolute Gasteiger partial charge is 0.308 e. The highest BCUT2D eigenvalue weighted by Gasteiger charge is 2.59. The van der Waals surface area contributed by atoms with E-state index in [-0.39, 0.29) is 6.42 Å². The summed E-state index contributed by atoms with van der Waals surface area (Å²) in [5.41, 5.74) is 1.10. The van der Waals surface area contributed by atoms with E-state index in [0.29, 0.717) is 5.92 Å². The lowest BCUT2D eigenvalue weighted by molar-refractivity contribution is -0.358. The Bertz CT molecular complexity index is 643. The topological polar surface area (TPSA) is 9.23 Å². The molecule has 0 aliphatic heterocycles. The second kappa shape index (κ2) is 12.2.